The van der Waals surface area contributed by atoms with Crippen molar-refractivity contribution in [2.75, 3.05) is 0 Å². The first-order chi connectivity index (χ1) is 7.83. The molecular weight excluding hydrogens is 216 g/mol. The summed E-state index contributed by atoms with van der Waals surface area (Å²) in [6.07, 6.45) is 1.25. The maximum Gasteiger partial charge on any atom is -0.0226 e. The van der Waals surface area contributed by atoms with E-state index in [1.54, 1.807) is 0 Å². The zero-order chi connectivity index (χ0) is 14.9. The van der Waals surface area contributed by atoms with Crippen molar-refractivity contribution in [3.8, 4) is 0 Å². The largest absolute Gasteiger partial charge is 0.0648 e. The van der Waals surface area contributed by atoms with Gasteiger partial charge in [-0.05, 0) is 40.4 Å². The topological polar surface area (TPSA) is 0 Å². The summed E-state index contributed by atoms with van der Waals surface area (Å²) in [5.41, 5.74) is 1.06. The van der Waals surface area contributed by atoms with Crippen LogP contribution in [-0.2, 0) is 0 Å². The highest BCUT2D eigenvalue weighted by atomic mass is 14.6. The van der Waals surface area contributed by atoms with Gasteiger partial charge in [0.15, 0.2) is 0 Å². The van der Waals surface area contributed by atoms with Gasteiger partial charge in [-0.15, -0.1) is 0 Å². The molecule has 0 nitrogen and oxygen atoms in total. The third kappa shape index (κ3) is 2.94. The summed E-state index contributed by atoms with van der Waals surface area (Å²) in [7, 11) is 0. The molecule has 0 saturated heterocycles. The molecule has 3 unspecified atom stereocenters. The Morgan fingerprint density at radius 3 is 1.39 bits per heavy atom. The second-order valence-electron chi connectivity index (χ2n) is 8.55. The lowest BCUT2D eigenvalue weighted by Crippen LogP contribution is -2.50. The molecule has 3 atom stereocenters. The van der Waals surface area contributed by atoms with E-state index < -0.39 is 0 Å². The molecule has 0 radical (unpaired) electrons. The van der Waals surface area contributed by atoms with Crippen LogP contribution in [-0.4, -0.2) is 0 Å². The van der Waals surface area contributed by atoms with Crippen molar-refractivity contribution >= 4 is 0 Å². The molecule has 18 heavy (non-hydrogen) atoms. The lowest BCUT2D eigenvalue weighted by Gasteiger charge is -2.57. The minimum atomic E-state index is 0.343. The van der Waals surface area contributed by atoms with Crippen molar-refractivity contribution in [2.24, 2.45) is 34.0 Å². The van der Waals surface area contributed by atoms with Gasteiger partial charge in [-0.3, -0.25) is 0 Å². The third-order valence-corrected chi connectivity index (χ3v) is 6.76. The van der Waals surface area contributed by atoms with E-state index >= 15 is 0 Å². The minimum absolute atomic E-state index is 0.343. The molecule has 0 aromatic heterocycles. The highest BCUT2D eigenvalue weighted by molar-refractivity contribution is 4.99. The summed E-state index contributed by atoms with van der Waals surface area (Å²) < 4.78 is 0. The first kappa shape index (κ1) is 18.0. The fraction of sp³-hybridized carbons (Fsp3) is 1.00. The highest BCUT2D eigenvalue weighted by Gasteiger charge is 2.51. The van der Waals surface area contributed by atoms with Crippen LogP contribution in [0.25, 0.3) is 0 Å². The molecule has 0 rings (SSSR count). The summed E-state index contributed by atoms with van der Waals surface area (Å²) in [6.45, 7) is 26.7. The molecule has 0 fully saturated rings. The Balaban J connectivity index is 5.46. The van der Waals surface area contributed by atoms with Gasteiger partial charge in [0.2, 0.25) is 0 Å². The highest BCUT2D eigenvalue weighted by Crippen LogP contribution is 2.58. The van der Waals surface area contributed by atoms with E-state index in [1.807, 2.05) is 0 Å². The van der Waals surface area contributed by atoms with Crippen LogP contribution in [0.3, 0.4) is 0 Å². The van der Waals surface area contributed by atoms with E-state index in [-0.39, 0.29) is 0 Å². The Labute approximate surface area is 117 Å². The van der Waals surface area contributed by atoms with Crippen LogP contribution in [0.4, 0.5) is 0 Å². The van der Waals surface area contributed by atoms with Gasteiger partial charge in [-0.1, -0.05) is 76.2 Å². The number of rotatable bonds is 5. The zero-order valence-electron chi connectivity index (χ0n) is 14.9. The van der Waals surface area contributed by atoms with E-state index in [0.29, 0.717) is 16.2 Å². The molecule has 0 heterocycles. The van der Waals surface area contributed by atoms with Gasteiger partial charge in [0, 0.05) is 0 Å². The molecule has 0 aliphatic rings. The van der Waals surface area contributed by atoms with E-state index in [2.05, 4.69) is 76.2 Å². The van der Waals surface area contributed by atoms with Crippen molar-refractivity contribution in [3.05, 3.63) is 0 Å². The maximum atomic E-state index is 2.50. The molecule has 110 valence electrons. The Bertz CT molecular complexity index is 254. The summed E-state index contributed by atoms with van der Waals surface area (Å²) in [5.74, 6) is 2.27. The van der Waals surface area contributed by atoms with Crippen LogP contribution < -0.4 is 0 Å². The molecular formula is C18H38. The summed E-state index contributed by atoms with van der Waals surface area (Å²) in [5, 5.41) is 0. The number of hydrogen-bond acceptors (Lipinski definition) is 0. The van der Waals surface area contributed by atoms with E-state index in [4.69, 9.17) is 0 Å². The second-order valence-corrected chi connectivity index (χ2v) is 8.55. The first-order valence-corrected chi connectivity index (χ1v) is 7.83. The van der Waals surface area contributed by atoms with Crippen molar-refractivity contribution in [1.29, 1.82) is 0 Å². The molecule has 0 heteroatoms. The Morgan fingerprint density at radius 2 is 1.17 bits per heavy atom. The third-order valence-electron chi connectivity index (χ3n) is 6.76. The van der Waals surface area contributed by atoms with Gasteiger partial charge < -0.3 is 0 Å². The summed E-state index contributed by atoms with van der Waals surface area (Å²) in [4.78, 5) is 0. The molecule has 0 spiro atoms. The van der Waals surface area contributed by atoms with Crippen LogP contribution in [0.15, 0.2) is 0 Å². The predicted molar refractivity (Wildman–Crippen MR) is 84.8 cm³/mol. The molecule has 0 bridgehead atoms. The van der Waals surface area contributed by atoms with E-state index in [9.17, 15) is 0 Å². The van der Waals surface area contributed by atoms with Gasteiger partial charge in [0.05, 0.1) is 0 Å². The van der Waals surface area contributed by atoms with Crippen LogP contribution >= 0.6 is 0 Å². The Morgan fingerprint density at radius 1 is 0.778 bits per heavy atom. The molecule has 0 aliphatic carbocycles. The number of hydrogen-bond donors (Lipinski definition) is 0. The SMILES string of the molecule is CCC(C)(C(C)(C)C)C(C)(C)C(C)C(C)C(C)C. The van der Waals surface area contributed by atoms with Crippen LogP contribution in [0.1, 0.15) is 82.6 Å². The molecule has 0 amide bonds. The molecule has 0 aromatic rings. The first-order valence-electron chi connectivity index (χ1n) is 7.83. The molecule has 0 aromatic carbocycles. The Kier molecular flexibility index (Phi) is 5.55. The fourth-order valence-corrected chi connectivity index (χ4v) is 3.69. The maximum absolute atomic E-state index is 2.50. The average molecular weight is 255 g/mol. The molecule has 0 saturated carbocycles. The van der Waals surface area contributed by atoms with Crippen molar-refractivity contribution in [1.82, 2.24) is 0 Å². The summed E-state index contributed by atoms with van der Waals surface area (Å²) >= 11 is 0. The standard InChI is InChI=1S/C18H38/c1-12-18(11,16(6,7)8)17(9,10)15(5)14(4)13(2)3/h13-15H,12H2,1-11H3. The normalized spacial score (nSPS) is 20.7. The van der Waals surface area contributed by atoms with Gasteiger partial charge in [0.1, 0.15) is 0 Å². The lowest BCUT2D eigenvalue weighted by molar-refractivity contribution is -0.0808. The Hall–Kier alpha value is 0. The predicted octanol–water partition coefficient (Wildman–Crippen LogP) is 6.40. The van der Waals surface area contributed by atoms with Crippen LogP contribution in [0.5, 0.6) is 0 Å². The van der Waals surface area contributed by atoms with Gasteiger partial charge in [-0.25, -0.2) is 0 Å². The van der Waals surface area contributed by atoms with Crippen molar-refractivity contribution in [3.63, 3.8) is 0 Å². The van der Waals surface area contributed by atoms with E-state index in [1.165, 1.54) is 6.42 Å². The average Bonchev–Trinajstić information content (AvgIpc) is 2.23. The van der Waals surface area contributed by atoms with Crippen molar-refractivity contribution in [2.45, 2.75) is 82.6 Å². The smallest absolute Gasteiger partial charge is 0.0226 e. The van der Waals surface area contributed by atoms with Crippen LogP contribution in [0.2, 0.25) is 0 Å². The zero-order valence-corrected chi connectivity index (χ0v) is 14.9. The van der Waals surface area contributed by atoms with E-state index in [0.717, 1.165) is 17.8 Å². The minimum Gasteiger partial charge on any atom is -0.0648 e. The van der Waals surface area contributed by atoms with Gasteiger partial charge >= 0.3 is 0 Å². The van der Waals surface area contributed by atoms with Crippen LogP contribution in [0, 0.1) is 34.0 Å². The van der Waals surface area contributed by atoms with Gasteiger partial charge in [0.25, 0.3) is 0 Å². The second kappa shape index (κ2) is 5.55. The summed E-state index contributed by atoms with van der Waals surface area (Å²) in [6, 6.07) is 0. The molecule has 0 N–H and O–H groups in total. The monoisotopic (exact) mass is 254 g/mol. The quantitative estimate of drug-likeness (QED) is 0.532. The van der Waals surface area contributed by atoms with Gasteiger partial charge in [-0.2, -0.15) is 0 Å². The lowest BCUT2D eigenvalue weighted by atomic mass is 9.48. The molecule has 0 aliphatic heterocycles. The van der Waals surface area contributed by atoms with Crippen molar-refractivity contribution < 1.29 is 0 Å². The fourth-order valence-electron chi connectivity index (χ4n) is 3.69.